The van der Waals surface area contributed by atoms with E-state index < -0.39 is 32.4 Å². The highest BCUT2D eigenvalue weighted by molar-refractivity contribution is 9.10. The molecule has 0 spiro atoms. The number of anilines is 1. The van der Waals surface area contributed by atoms with Gasteiger partial charge in [-0.25, -0.2) is 21.6 Å². The Morgan fingerprint density at radius 1 is 1.10 bits per heavy atom. The number of halogens is 4. The summed E-state index contributed by atoms with van der Waals surface area (Å²) in [4.78, 5) is -0.786. The van der Waals surface area contributed by atoms with E-state index in [1.165, 1.54) is 19.1 Å². The van der Waals surface area contributed by atoms with Crippen LogP contribution >= 0.6 is 15.9 Å². The molecule has 0 aliphatic rings. The Balaban J connectivity index is 2.54. The maximum Gasteiger partial charge on any atom is 0.266 e. The van der Waals surface area contributed by atoms with Gasteiger partial charge in [-0.2, -0.15) is 0 Å². The molecule has 2 rings (SSSR count). The van der Waals surface area contributed by atoms with Crippen molar-refractivity contribution in [3.8, 4) is 0 Å². The Hall–Kier alpha value is -1.54. The zero-order valence-corrected chi connectivity index (χ0v) is 13.0. The summed E-state index contributed by atoms with van der Waals surface area (Å²) in [6.45, 7) is 1.50. The van der Waals surface area contributed by atoms with Crippen LogP contribution in [-0.4, -0.2) is 8.42 Å². The summed E-state index contributed by atoms with van der Waals surface area (Å²) in [7, 11) is -4.41. The first kappa shape index (κ1) is 15.8. The molecule has 3 nitrogen and oxygen atoms in total. The monoisotopic (exact) mass is 379 g/mol. The summed E-state index contributed by atoms with van der Waals surface area (Å²) in [6, 6.07) is 5.23. The summed E-state index contributed by atoms with van der Waals surface area (Å²) < 4.78 is 66.5. The summed E-state index contributed by atoms with van der Waals surface area (Å²) >= 11 is 2.79. The van der Waals surface area contributed by atoms with E-state index in [2.05, 4.69) is 15.9 Å². The minimum Gasteiger partial charge on any atom is -0.276 e. The van der Waals surface area contributed by atoms with Crippen molar-refractivity contribution >= 4 is 31.6 Å². The smallest absolute Gasteiger partial charge is 0.266 e. The van der Waals surface area contributed by atoms with Crippen molar-refractivity contribution in [3.63, 3.8) is 0 Å². The van der Waals surface area contributed by atoms with E-state index in [0.29, 0.717) is 11.6 Å². The highest BCUT2D eigenvalue weighted by atomic mass is 79.9. The van der Waals surface area contributed by atoms with Crippen molar-refractivity contribution in [2.24, 2.45) is 0 Å². The second-order valence-electron chi connectivity index (χ2n) is 4.24. The number of aryl methyl sites for hydroxylation is 1. The van der Waals surface area contributed by atoms with E-state index in [-0.39, 0.29) is 10.2 Å². The lowest BCUT2D eigenvalue weighted by Crippen LogP contribution is -2.17. The third kappa shape index (κ3) is 3.21. The molecule has 0 heterocycles. The molecule has 112 valence electrons. The van der Waals surface area contributed by atoms with E-state index >= 15 is 0 Å². The van der Waals surface area contributed by atoms with Crippen molar-refractivity contribution < 1.29 is 21.6 Å². The molecule has 0 bridgehead atoms. The fourth-order valence-corrected chi connectivity index (χ4v) is 4.04. The van der Waals surface area contributed by atoms with Crippen LogP contribution in [0.5, 0.6) is 0 Å². The number of hydrogen-bond donors (Lipinski definition) is 1. The number of para-hydroxylation sites is 1. The molecule has 2 aromatic rings. The first-order chi connectivity index (χ1) is 9.72. The molecule has 21 heavy (non-hydrogen) atoms. The fourth-order valence-electron chi connectivity index (χ4n) is 1.73. The minimum absolute atomic E-state index is 0.284. The molecular formula is C13H9BrF3NO2S. The zero-order valence-electron chi connectivity index (χ0n) is 10.6. The molecular weight excluding hydrogens is 371 g/mol. The predicted molar refractivity (Wildman–Crippen MR) is 76.0 cm³/mol. The molecule has 0 aliphatic heterocycles. The summed E-state index contributed by atoms with van der Waals surface area (Å²) in [5.41, 5.74) is 0.0466. The Labute approximate surface area is 128 Å². The van der Waals surface area contributed by atoms with Crippen LogP contribution in [0.25, 0.3) is 0 Å². The van der Waals surface area contributed by atoms with E-state index in [0.717, 1.165) is 12.1 Å². The maximum absolute atomic E-state index is 13.7. The van der Waals surface area contributed by atoms with Gasteiger partial charge < -0.3 is 0 Å². The lowest BCUT2D eigenvalue weighted by molar-refractivity contribution is 0.548. The number of benzene rings is 2. The van der Waals surface area contributed by atoms with Crippen LogP contribution in [0.1, 0.15) is 5.56 Å². The molecule has 0 aromatic heterocycles. The molecule has 0 unspecified atom stereocenters. The molecule has 0 aliphatic carbocycles. The van der Waals surface area contributed by atoms with Gasteiger partial charge in [-0.05, 0) is 40.5 Å². The third-order valence-electron chi connectivity index (χ3n) is 2.69. The number of sulfonamides is 1. The molecule has 0 saturated carbocycles. The summed E-state index contributed by atoms with van der Waals surface area (Å²) in [5.74, 6) is -3.00. The Morgan fingerprint density at radius 3 is 2.33 bits per heavy atom. The molecule has 8 heteroatoms. The van der Waals surface area contributed by atoms with Crippen molar-refractivity contribution in [2.45, 2.75) is 11.8 Å². The van der Waals surface area contributed by atoms with E-state index in [4.69, 9.17) is 0 Å². The Kier molecular flexibility index (Phi) is 4.29. The quantitative estimate of drug-likeness (QED) is 0.876. The second-order valence-corrected chi connectivity index (χ2v) is 6.71. The summed E-state index contributed by atoms with van der Waals surface area (Å²) in [6.07, 6.45) is 0. The van der Waals surface area contributed by atoms with E-state index in [1.54, 1.807) is 0 Å². The average Bonchev–Trinajstić information content (AvgIpc) is 2.32. The van der Waals surface area contributed by atoms with E-state index in [1.807, 2.05) is 4.72 Å². The van der Waals surface area contributed by atoms with Crippen molar-refractivity contribution in [1.82, 2.24) is 0 Å². The Morgan fingerprint density at radius 2 is 1.76 bits per heavy atom. The van der Waals surface area contributed by atoms with Crippen LogP contribution in [0.3, 0.4) is 0 Å². The maximum atomic E-state index is 13.7. The topological polar surface area (TPSA) is 46.2 Å². The van der Waals surface area contributed by atoms with Gasteiger partial charge in [-0.15, -0.1) is 0 Å². The molecule has 0 saturated heterocycles. The largest absolute Gasteiger partial charge is 0.276 e. The predicted octanol–water partition coefficient (Wildman–Crippen LogP) is 3.98. The second kappa shape index (κ2) is 5.69. The molecule has 0 radical (unpaired) electrons. The normalized spacial score (nSPS) is 11.5. The van der Waals surface area contributed by atoms with Gasteiger partial charge in [0.05, 0.1) is 5.69 Å². The van der Waals surface area contributed by atoms with Gasteiger partial charge in [-0.1, -0.05) is 12.1 Å². The van der Waals surface area contributed by atoms with Gasteiger partial charge in [0.1, 0.15) is 22.3 Å². The van der Waals surface area contributed by atoms with Gasteiger partial charge >= 0.3 is 0 Å². The first-order valence-electron chi connectivity index (χ1n) is 5.65. The molecule has 1 N–H and O–H groups in total. The standard InChI is InChI=1S/C13H9BrF3NO2S/c1-7-3-2-4-10(16)12(7)18-21(19,20)13-9(14)5-8(15)6-11(13)17/h2-6,18H,1H3. The minimum atomic E-state index is -4.41. The van der Waals surface area contributed by atoms with Crippen molar-refractivity contribution in [2.75, 3.05) is 4.72 Å². The molecule has 0 amide bonds. The SMILES string of the molecule is Cc1cccc(F)c1NS(=O)(=O)c1c(F)cc(F)cc1Br. The fraction of sp³-hybridized carbons (Fsp3) is 0.0769. The zero-order chi connectivity index (χ0) is 15.8. The van der Waals surface area contributed by atoms with Crippen LogP contribution in [0, 0.1) is 24.4 Å². The van der Waals surface area contributed by atoms with Gasteiger partial charge in [0.25, 0.3) is 10.0 Å². The van der Waals surface area contributed by atoms with Crippen molar-refractivity contribution in [3.05, 3.63) is 57.8 Å². The lowest BCUT2D eigenvalue weighted by Gasteiger charge is -2.13. The van der Waals surface area contributed by atoms with Gasteiger partial charge in [0, 0.05) is 10.5 Å². The molecule has 2 aromatic carbocycles. The molecule has 0 atom stereocenters. The number of rotatable bonds is 3. The van der Waals surface area contributed by atoms with Crippen LogP contribution in [0.4, 0.5) is 18.9 Å². The highest BCUT2D eigenvalue weighted by Crippen LogP contribution is 2.29. The van der Waals surface area contributed by atoms with Crippen LogP contribution < -0.4 is 4.72 Å². The third-order valence-corrected chi connectivity index (χ3v) is 5.00. The summed E-state index contributed by atoms with van der Waals surface area (Å²) in [5, 5.41) is 0. The first-order valence-corrected chi connectivity index (χ1v) is 7.92. The van der Waals surface area contributed by atoms with Crippen LogP contribution in [-0.2, 0) is 10.0 Å². The van der Waals surface area contributed by atoms with Crippen LogP contribution in [0.2, 0.25) is 0 Å². The Bertz CT molecular complexity index is 766. The van der Waals surface area contributed by atoms with Gasteiger partial charge in [-0.3, -0.25) is 4.72 Å². The molecule has 0 fully saturated rings. The average molecular weight is 380 g/mol. The van der Waals surface area contributed by atoms with Gasteiger partial charge in [0.2, 0.25) is 0 Å². The lowest BCUT2D eigenvalue weighted by atomic mass is 10.2. The van der Waals surface area contributed by atoms with E-state index in [9.17, 15) is 21.6 Å². The highest BCUT2D eigenvalue weighted by Gasteiger charge is 2.25. The van der Waals surface area contributed by atoms with Crippen molar-refractivity contribution in [1.29, 1.82) is 0 Å². The van der Waals surface area contributed by atoms with Gasteiger partial charge in [0.15, 0.2) is 0 Å². The number of hydrogen-bond acceptors (Lipinski definition) is 2. The number of nitrogens with one attached hydrogen (secondary N) is 1. The van der Waals surface area contributed by atoms with Crippen LogP contribution in [0.15, 0.2) is 39.7 Å².